The number of ether oxygens (including phenoxy) is 2. The third-order valence-corrected chi connectivity index (χ3v) is 3.44. The molecule has 2 N–H and O–H groups in total. The highest BCUT2D eigenvalue weighted by molar-refractivity contribution is 5.92. The first-order valence-corrected chi connectivity index (χ1v) is 7.06. The molecule has 1 saturated heterocycles. The fourth-order valence-electron chi connectivity index (χ4n) is 2.25. The Balaban J connectivity index is 1.65. The fourth-order valence-corrected chi connectivity index (χ4v) is 2.25. The van der Waals surface area contributed by atoms with E-state index in [-0.39, 0.29) is 23.7 Å². The topological polar surface area (TPSA) is 102 Å². The molecule has 2 aromatic heterocycles. The van der Waals surface area contributed by atoms with E-state index in [1.807, 2.05) is 19.1 Å². The van der Waals surface area contributed by atoms with Crippen molar-refractivity contribution in [3.8, 4) is 5.75 Å². The summed E-state index contributed by atoms with van der Waals surface area (Å²) in [6.45, 7) is 2.90. The molecular formula is C14H17N5O3. The van der Waals surface area contributed by atoms with Crippen molar-refractivity contribution in [2.75, 3.05) is 13.2 Å². The second-order valence-electron chi connectivity index (χ2n) is 5.09. The van der Waals surface area contributed by atoms with Gasteiger partial charge in [-0.15, -0.1) is 0 Å². The molecule has 1 aliphatic rings. The lowest BCUT2D eigenvalue weighted by Crippen LogP contribution is -2.51. The number of aryl methyl sites for hydroxylation is 1. The fraction of sp³-hybridized carbons (Fsp3) is 0.429. The van der Waals surface area contributed by atoms with Gasteiger partial charge in [-0.25, -0.2) is 0 Å². The highest BCUT2D eigenvalue weighted by atomic mass is 16.5. The van der Waals surface area contributed by atoms with Gasteiger partial charge in [-0.3, -0.25) is 9.78 Å². The maximum atomic E-state index is 12.1. The molecule has 8 nitrogen and oxygen atoms in total. The number of hydrogen-bond acceptors (Lipinski definition) is 6. The van der Waals surface area contributed by atoms with E-state index >= 15 is 0 Å². The van der Waals surface area contributed by atoms with Crippen molar-refractivity contribution >= 4 is 5.91 Å². The number of hydrogen-bond donors (Lipinski definition) is 2. The van der Waals surface area contributed by atoms with E-state index in [0.717, 1.165) is 5.69 Å². The number of aromatic nitrogens is 4. The van der Waals surface area contributed by atoms with Crippen molar-refractivity contribution < 1.29 is 14.3 Å². The molecule has 0 aromatic carbocycles. The van der Waals surface area contributed by atoms with Gasteiger partial charge in [0.25, 0.3) is 5.91 Å². The minimum Gasteiger partial charge on any atom is -0.484 e. The minimum absolute atomic E-state index is 0.153. The average molecular weight is 303 g/mol. The van der Waals surface area contributed by atoms with Crippen LogP contribution in [0.4, 0.5) is 0 Å². The first-order chi connectivity index (χ1) is 10.7. The minimum atomic E-state index is -0.281. The van der Waals surface area contributed by atoms with E-state index in [1.54, 1.807) is 6.20 Å². The number of amides is 1. The molecule has 0 bridgehead atoms. The van der Waals surface area contributed by atoms with Gasteiger partial charge >= 0.3 is 0 Å². The van der Waals surface area contributed by atoms with Crippen LogP contribution in [0.3, 0.4) is 0 Å². The van der Waals surface area contributed by atoms with Gasteiger partial charge in [-0.1, -0.05) is 0 Å². The van der Waals surface area contributed by atoms with E-state index < -0.39 is 0 Å². The number of carbonyl (C=O) groups excluding carboxylic acids is 1. The molecule has 22 heavy (non-hydrogen) atoms. The van der Waals surface area contributed by atoms with Crippen LogP contribution < -0.4 is 10.1 Å². The van der Waals surface area contributed by atoms with Gasteiger partial charge in [0.1, 0.15) is 11.9 Å². The van der Waals surface area contributed by atoms with Crippen LogP contribution in [0.5, 0.6) is 5.75 Å². The highest BCUT2D eigenvalue weighted by Gasteiger charge is 2.29. The Morgan fingerprint density at radius 3 is 3.09 bits per heavy atom. The number of aromatic amines is 1. The standard InChI is InChI=1S/C14H17N5O3/c1-9-2-3-10(6-15-9)22-13-8-21-5-4-11(13)17-14(20)12-7-16-19-18-12/h2-3,6-7,11,13H,4-5,8H2,1H3,(H,17,20)(H,16,18,19)/t11-,13+/m1/s1. The number of H-pyrrole nitrogens is 1. The SMILES string of the molecule is Cc1ccc(O[C@H]2COCC[C@H]2NC(=O)c2cn[nH]n2)cn1. The summed E-state index contributed by atoms with van der Waals surface area (Å²) in [6.07, 6.45) is 3.46. The van der Waals surface area contributed by atoms with E-state index in [4.69, 9.17) is 9.47 Å². The molecule has 1 fully saturated rings. The molecule has 1 amide bonds. The van der Waals surface area contributed by atoms with Crippen LogP contribution in [-0.4, -0.2) is 51.7 Å². The Kier molecular flexibility index (Phi) is 4.29. The van der Waals surface area contributed by atoms with Crippen molar-refractivity contribution in [1.82, 2.24) is 25.7 Å². The lowest BCUT2D eigenvalue weighted by molar-refractivity contribution is -0.0137. The third-order valence-electron chi connectivity index (χ3n) is 3.44. The molecule has 0 unspecified atom stereocenters. The molecule has 0 aliphatic carbocycles. The van der Waals surface area contributed by atoms with Crippen LogP contribution in [0.15, 0.2) is 24.5 Å². The molecule has 116 valence electrons. The second kappa shape index (κ2) is 6.52. The van der Waals surface area contributed by atoms with Crippen LogP contribution in [0, 0.1) is 6.92 Å². The summed E-state index contributed by atoms with van der Waals surface area (Å²) in [4.78, 5) is 16.3. The van der Waals surface area contributed by atoms with Crippen LogP contribution >= 0.6 is 0 Å². The zero-order valence-electron chi connectivity index (χ0n) is 12.2. The van der Waals surface area contributed by atoms with Crippen molar-refractivity contribution in [2.45, 2.75) is 25.5 Å². The van der Waals surface area contributed by atoms with Crippen molar-refractivity contribution in [1.29, 1.82) is 0 Å². The summed E-state index contributed by atoms with van der Waals surface area (Å²) >= 11 is 0. The summed E-state index contributed by atoms with van der Waals surface area (Å²) in [5, 5.41) is 12.7. The first-order valence-electron chi connectivity index (χ1n) is 7.06. The molecule has 3 rings (SSSR count). The van der Waals surface area contributed by atoms with Crippen LogP contribution in [0.25, 0.3) is 0 Å². The summed E-state index contributed by atoms with van der Waals surface area (Å²) in [7, 11) is 0. The molecule has 3 heterocycles. The Hall–Kier alpha value is -2.48. The van der Waals surface area contributed by atoms with Crippen LogP contribution in [-0.2, 0) is 4.74 Å². The average Bonchev–Trinajstić information content (AvgIpc) is 3.06. The summed E-state index contributed by atoms with van der Waals surface area (Å²) in [5.74, 6) is 0.373. The van der Waals surface area contributed by atoms with Gasteiger partial charge in [0, 0.05) is 12.3 Å². The monoisotopic (exact) mass is 303 g/mol. The first kappa shape index (κ1) is 14.5. The number of pyridine rings is 1. The number of rotatable bonds is 4. The second-order valence-corrected chi connectivity index (χ2v) is 5.09. The van der Waals surface area contributed by atoms with E-state index in [2.05, 4.69) is 25.7 Å². The van der Waals surface area contributed by atoms with E-state index in [9.17, 15) is 4.79 Å². The van der Waals surface area contributed by atoms with Gasteiger partial charge in [-0.2, -0.15) is 15.4 Å². The lowest BCUT2D eigenvalue weighted by atomic mass is 10.1. The third kappa shape index (κ3) is 3.40. The van der Waals surface area contributed by atoms with E-state index in [0.29, 0.717) is 25.4 Å². The Morgan fingerprint density at radius 1 is 1.45 bits per heavy atom. The summed E-state index contributed by atoms with van der Waals surface area (Å²) in [6, 6.07) is 3.58. The molecule has 0 saturated carbocycles. The Morgan fingerprint density at radius 2 is 2.36 bits per heavy atom. The molecule has 0 radical (unpaired) electrons. The zero-order valence-corrected chi connectivity index (χ0v) is 12.2. The maximum Gasteiger partial charge on any atom is 0.273 e. The molecular weight excluding hydrogens is 286 g/mol. The maximum absolute atomic E-state index is 12.1. The molecule has 1 aliphatic heterocycles. The predicted octanol–water partition coefficient (Wildman–Crippen LogP) is 0.474. The highest BCUT2D eigenvalue weighted by Crippen LogP contribution is 2.17. The lowest BCUT2D eigenvalue weighted by Gasteiger charge is -2.32. The van der Waals surface area contributed by atoms with Gasteiger partial charge < -0.3 is 14.8 Å². The van der Waals surface area contributed by atoms with Gasteiger partial charge in [-0.05, 0) is 25.5 Å². The summed E-state index contributed by atoms with van der Waals surface area (Å²) < 4.78 is 11.3. The zero-order chi connectivity index (χ0) is 15.4. The van der Waals surface area contributed by atoms with Crippen molar-refractivity contribution in [2.24, 2.45) is 0 Å². The van der Waals surface area contributed by atoms with Crippen molar-refractivity contribution in [3.05, 3.63) is 35.9 Å². The van der Waals surface area contributed by atoms with Crippen molar-refractivity contribution in [3.63, 3.8) is 0 Å². The Labute approximate surface area is 127 Å². The van der Waals surface area contributed by atoms with E-state index in [1.165, 1.54) is 6.20 Å². The van der Waals surface area contributed by atoms with Gasteiger partial charge in [0.15, 0.2) is 5.69 Å². The van der Waals surface area contributed by atoms with Gasteiger partial charge in [0.2, 0.25) is 0 Å². The number of carbonyl (C=O) groups is 1. The number of nitrogens with one attached hydrogen (secondary N) is 2. The normalized spacial score (nSPS) is 21.3. The molecule has 2 aromatic rings. The van der Waals surface area contributed by atoms with Gasteiger partial charge in [0.05, 0.1) is 25.0 Å². The van der Waals surface area contributed by atoms with Crippen LogP contribution in [0.1, 0.15) is 22.6 Å². The molecule has 0 spiro atoms. The predicted molar refractivity (Wildman–Crippen MR) is 76.5 cm³/mol. The number of nitrogens with zero attached hydrogens (tertiary/aromatic N) is 3. The Bertz CT molecular complexity index is 614. The quantitative estimate of drug-likeness (QED) is 0.851. The largest absolute Gasteiger partial charge is 0.484 e. The van der Waals surface area contributed by atoms with Crippen LogP contribution in [0.2, 0.25) is 0 Å². The summed E-state index contributed by atoms with van der Waals surface area (Å²) in [5.41, 5.74) is 1.17. The smallest absolute Gasteiger partial charge is 0.273 e. The molecule has 8 heteroatoms. The molecule has 2 atom stereocenters.